The highest BCUT2D eigenvalue weighted by molar-refractivity contribution is 5.87. The third-order valence-electron chi connectivity index (χ3n) is 4.66. The predicted octanol–water partition coefficient (Wildman–Crippen LogP) is 1.83. The largest absolute Gasteiger partial charge is 0.350 e. The molecule has 0 radical (unpaired) electrons. The van der Waals surface area contributed by atoms with Crippen molar-refractivity contribution in [2.24, 2.45) is 5.92 Å². The van der Waals surface area contributed by atoms with E-state index < -0.39 is 0 Å². The van der Waals surface area contributed by atoms with Gasteiger partial charge in [-0.1, -0.05) is 43.3 Å². The number of nitrogens with one attached hydrogen (secondary N) is 1. The zero-order chi connectivity index (χ0) is 18.7. The van der Waals surface area contributed by atoms with Gasteiger partial charge in [0.05, 0.1) is 18.4 Å². The van der Waals surface area contributed by atoms with Gasteiger partial charge in [0.1, 0.15) is 12.6 Å². The molecule has 0 aliphatic carbocycles. The molecule has 138 valence electrons. The van der Waals surface area contributed by atoms with Gasteiger partial charge >= 0.3 is 0 Å². The van der Waals surface area contributed by atoms with Gasteiger partial charge in [0.2, 0.25) is 11.8 Å². The van der Waals surface area contributed by atoms with Gasteiger partial charge in [-0.3, -0.25) is 9.59 Å². The minimum absolute atomic E-state index is 0.0461. The smallest absolute Gasteiger partial charge is 0.248 e. The lowest BCUT2D eigenvalue weighted by molar-refractivity contribution is -0.142. The molecule has 1 aliphatic rings. The number of aryl methyl sites for hydroxylation is 1. The Kier molecular flexibility index (Phi) is 5.35. The third-order valence-corrected chi connectivity index (χ3v) is 4.66. The first-order chi connectivity index (χ1) is 12.5. The molecule has 1 N–H and O–H groups in total. The number of benzene rings is 1. The van der Waals surface area contributed by atoms with Crippen molar-refractivity contribution in [3.05, 3.63) is 47.3 Å². The fraction of sp³-hybridized carbons (Fsp3) is 0.474. The van der Waals surface area contributed by atoms with Crippen LogP contribution in [-0.2, 0) is 22.7 Å². The number of aromatic nitrogens is 3. The monoisotopic (exact) mass is 355 g/mol. The number of carbonyl (C=O) groups is 2. The van der Waals surface area contributed by atoms with E-state index in [4.69, 9.17) is 0 Å². The van der Waals surface area contributed by atoms with E-state index in [9.17, 15) is 9.59 Å². The van der Waals surface area contributed by atoms with Crippen molar-refractivity contribution < 1.29 is 9.59 Å². The molecule has 1 aromatic heterocycles. The Balaban J connectivity index is 1.65. The molecule has 0 unspecified atom stereocenters. The van der Waals surface area contributed by atoms with Crippen LogP contribution in [0.4, 0.5) is 0 Å². The van der Waals surface area contributed by atoms with Gasteiger partial charge in [-0.2, -0.15) is 0 Å². The number of amides is 2. The van der Waals surface area contributed by atoms with Crippen molar-refractivity contribution in [1.82, 2.24) is 25.2 Å². The standard InChI is InChI=1S/C19H25N5O2/c1-13(2)8-17-19(26)23(11-16-10-21-22-24(16)17)12-18(25)20-9-15-7-5-4-6-14(15)3/h4-7,10,13,17H,8-9,11-12H2,1-3H3,(H,20,25)/t17-/m0/s1. The summed E-state index contributed by atoms with van der Waals surface area (Å²) in [7, 11) is 0. The highest BCUT2D eigenvalue weighted by atomic mass is 16.2. The van der Waals surface area contributed by atoms with Crippen molar-refractivity contribution >= 4 is 11.8 Å². The van der Waals surface area contributed by atoms with Crippen LogP contribution < -0.4 is 5.32 Å². The molecule has 2 heterocycles. The van der Waals surface area contributed by atoms with E-state index >= 15 is 0 Å². The van der Waals surface area contributed by atoms with E-state index in [-0.39, 0.29) is 24.4 Å². The first-order valence-electron chi connectivity index (χ1n) is 8.94. The first kappa shape index (κ1) is 18.1. The van der Waals surface area contributed by atoms with Gasteiger partial charge < -0.3 is 10.2 Å². The van der Waals surface area contributed by atoms with Gasteiger partial charge in [0.15, 0.2) is 0 Å². The maximum Gasteiger partial charge on any atom is 0.248 e. The average Bonchev–Trinajstić information content (AvgIpc) is 3.05. The summed E-state index contributed by atoms with van der Waals surface area (Å²) in [5.74, 6) is 0.115. The molecule has 0 fully saturated rings. The van der Waals surface area contributed by atoms with Gasteiger partial charge in [-0.05, 0) is 30.4 Å². The molecule has 3 rings (SSSR count). The minimum Gasteiger partial charge on any atom is -0.350 e. The number of fused-ring (bicyclic) bond motifs is 1. The molecular formula is C19H25N5O2. The van der Waals surface area contributed by atoms with Crippen molar-refractivity contribution in [1.29, 1.82) is 0 Å². The lowest BCUT2D eigenvalue weighted by Gasteiger charge is -2.33. The highest BCUT2D eigenvalue weighted by Crippen LogP contribution is 2.26. The van der Waals surface area contributed by atoms with Crippen LogP contribution in [0.2, 0.25) is 0 Å². The van der Waals surface area contributed by atoms with Gasteiger partial charge in [0, 0.05) is 6.54 Å². The summed E-state index contributed by atoms with van der Waals surface area (Å²) in [4.78, 5) is 26.8. The Morgan fingerprint density at radius 3 is 2.85 bits per heavy atom. The number of hydrogen-bond donors (Lipinski definition) is 1. The fourth-order valence-corrected chi connectivity index (χ4v) is 3.24. The van der Waals surface area contributed by atoms with Crippen LogP contribution in [-0.4, -0.2) is 38.3 Å². The minimum atomic E-state index is -0.384. The fourth-order valence-electron chi connectivity index (χ4n) is 3.24. The van der Waals surface area contributed by atoms with Crippen molar-refractivity contribution in [3.8, 4) is 0 Å². The van der Waals surface area contributed by atoms with Crippen molar-refractivity contribution in [3.63, 3.8) is 0 Å². The quantitative estimate of drug-likeness (QED) is 0.857. The topological polar surface area (TPSA) is 80.1 Å². The molecule has 1 aromatic carbocycles. The zero-order valence-corrected chi connectivity index (χ0v) is 15.5. The average molecular weight is 355 g/mol. The Hall–Kier alpha value is -2.70. The summed E-state index contributed by atoms with van der Waals surface area (Å²) in [5, 5.41) is 10.9. The molecule has 2 aromatic rings. The lowest BCUT2D eigenvalue weighted by atomic mass is 10.0. The van der Waals surface area contributed by atoms with E-state index in [1.54, 1.807) is 15.8 Å². The molecule has 7 nitrogen and oxygen atoms in total. The normalized spacial score (nSPS) is 16.7. The summed E-state index contributed by atoms with van der Waals surface area (Å²) in [5.41, 5.74) is 3.07. The molecule has 0 spiro atoms. The van der Waals surface area contributed by atoms with Crippen molar-refractivity contribution in [2.75, 3.05) is 6.54 Å². The van der Waals surface area contributed by atoms with Crippen LogP contribution in [0.3, 0.4) is 0 Å². The summed E-state index contributed by atoms with van der Waals surface area (Å²) < 4.78 is 1.70. The molecule has 1 aliphatic heterocycles. The number of hydrogen-bond acceptors (Lipinski definition) is 4. The van der Waals surface area contributed by atoms with Crippen LogP contribution in [0.1, 0.15) is 43.1 Å². The second kappa shape index (κ2) is 7.68. The highest BCUT2D eigenvalue weighted by Gasteiger charge is 2.35. The Morgan fingerprint density at radius 2 is 2.12 bits per heavy atom. The summed E-state index contributed by atoms with van der Waals surface area (Å²) >= 11 is 0. The summed E-state index contributed by atoms with van der Waals surface area (Å²) in [6.45, 7) is 7.01. The van der Waals surface area contributed by atoms with E-state index in [0.29, 0.717) is 25.4 Å². The van der Waals surface area contributed by atoms with Crippen LogP contribution in [0.5, 0.6) is 0 Å². The van der Waals surface area contributed by atoms with Gasteiger partial charge in [-0.25, -0.2) is 4.68 Å². The molecular weight excluding hydrogens is 330 g/mol. The molecule has 26 heavy (non-hydrogen) atoms. The molecule has 0 saturated carbocycles. The molecule has 0 saturated heterocycles. The van der Waals surface area contributed by atoms with Crippen LogP contribution in [0, 0.1) is 12.8 Å². The van der Waals surface area contributed by atoms with E-state index in [1.165, 1.54) is 0 Å². The van der Waals surface area contributed by atoms with Crippen LogP contribution in [0.15, 0.2) is 30.5 Å². The van der Waals surface area contributed by atoms with Crippen LogP contribution >= 0.6 is 0 Å². The molecule has 1 atom stereocenters. The second-order valence-electron chi connectivity index (χ2n) is 7.21. The predicted molar refractivity (Wildman–Crippen MR) is 97.0 cm³/mol. The lowest BCUT2D eigenvalue weighted by Crippen LogP contribution is -2.47. The number of rotatable bonds is 6. The number of carbonyl (C=O) groups excluding carboxylic acids is 2. The van der Waals surface area contributed by atoms with Crippen LogP contribution in [0.25, 0.3) is 0 Å². The summed E-state index contributed by atoms with van der Waals surface area (Å²) in [6.07, 6.45) is 2.34. The summed E-state index contributed by atoms with van der Waals surface area (Å²) in [6, 6.07) is 7.54. The Morgan fingerprint density at radius 1 is 1.35 bits per heavy atom. The van der Waals surface area contributed by atoms with Gasteiger partial charge in [0.25, 0.3) is 0 Å². The maximum atomic E-state index is 12.8. The Bertz CT molecular complexity index is 799. The second-order valence-corrected chi connectivity index (χ2v) is 7.21. The SMILES string of the molecule is Cc1ccccc1CNC(=O)CN1Cc2cnnn2[C@@H](CC(C)C)C1=O. The first-order valence-corrected chi connectivity index (χ1v) is 8.94. The molecule has 0 bridgehead atoms. The Labute approximate surface area is 153 Å². The van der Waals surface area contributed by atoms with E-state index in [0.717, 1.165) is 16.8 Å². The van der Waals surface area contributed by atoms with Gasteiger partial charge in [-0.15, -0.1) is 5.10 Å². The van der Waals surface area contributed by atoms with Crippen molar-refractivity contribution in [2.45, 2.75) is 46.3 Å². The third kappa shape index (κ3) is 3.92. The van der Waals surface area contributed by atoms with E-state index in [2.05, 4.69) is 29.5 Å². The molecule has 2 amide bonds. The van der Waals surface area contributed by atoms with E-state index in [1.807, 2.05) is 31.2 Å². The maximum absolute atomic E-state index is 12.8. The zero-order valence-electron chi connectivity index (χ0n) is 15.5. The molecule has 7 heteroatoms. The number of nitrogens with zero attached hydrogens (tertiary/aromatic N) is 4.